The number of ether oxygens (including phenoxy) is 1. The van der Waals surface area contributed by atoms with Crippen molar-refractivity contribution in [2.24, 2.45) is 11.7 Å². The minimum absolute atomic E-state index is 0.394. The number of nitrogens with zero attached hydrogens (tertiary/aromatic N) is 2. The van der Waals surface area contributed by atoms with Gasteiger partial charge in [0, 0.05) is 19.8 Å². The molecule has 0 aromatic carbocycles. The zero-order valence-corrected chi connectivity index (χ0v) is 13.6. The number of rotatable bonds is 6. The van der Waals surface area contributed by atoms with Gasteiger partial charge < -0.3 is 15.8 Å². The van der Waals surface area contributed by atoms with E-state index in [1.807, 2.05) is 0 Å². The zero-order valence-electron chi connectivity index (χ0n) is 12.8. The Kier molecular flexibility index (Phi) is 5.87. The first kappa shape index (κ1) is 16.1. The molecule has 0 unspecified atom stereocenters. The number of anilines is 1. The fourth-order valence-corrected chi connectivity index (χ4v) is 2.97. The Labute approximate surface area is 131 Å². The maximum absolute atomic E-state index is 5.93. The highest BCUT2D eigenvalue weighted by molar-refractivity contribution is 7.80. The third-order valence-electron chi connectivity index (χ3n) is 3.99. The third-order valence-corrected chi connectivity index (χ3v) is 4.20. The van der Waals surface area contributed by atoms with E-state index in [-0.39, 0.29) is 0 Å². The average Bonchev–Trinajstić information content (AvgIpc) is 2.52. The maximum Gasteiger partial charge on any atom is 0.159 e. The van der Waals surface area contributed by atoms with Gasteiger partial charge in [0.25, 0.3) is 0 Å². The van der Waals surface area contributed by atoms with Gasteiger partial charge in [-0.05, 0) is 37.2 Å². The van der Waals surface area contributed by atoms with E-state index in [2.05, 4.69) is 29.4 Å². The highest BCUT2D eigenvalue weighted by atomic mass is 32.1. The molecule has 1 fully saturated rings. The number of aromatic nitrogens is 2. The molecule has 0 saturated carbocycles. The fraction of sp³-hybridized carbons (Fsp3) is 0.667. The SMILES string of the molecule is CCc1nnc(NCC2CCOCC2)c(C(N)=S)c1CC. The van der Waals surface area contributed by atoms with Crippen molar-refractivity contribution in [2.75, 3.05) is 25.1 Å². The molecule has 2 heterocycles. The molecule has 0 spiro atoms. The zero-order chi connectivity index (χ0) is 15.2. The number of hydrogen-bond acceptors (Lipinski definition) is 5. The molecule has 5 nitrogen and oxygen atoms in total. The summed E-state index contributed by atoms with van der Waals surface area (Å²) < 4.78 is 5.38. The van der Waals surface area contributed by atoms with Gasteiger partial charge in [0.05, 0.1) is 11.3 Å². The highest BCUT2D eigenvalue weighted by Crippen LogP contribution is 2.22. The van der Waals surface area contributed by atoms with Crippen molar-refractivity contribution in [1.29, 1.82) is 0 Å². The molecule has 116 valence electrons. The summed E-state index contributed by atoms with van der Waals surface area (Å²) in [4.78, 5) is 0.394. The Bertz CT molecular complexity index is 501. The second-order valence-electron chi connectivity index (χ2n) is 5.36. The van der Waals surface area contributed by atoms with Crippen LogP contribution in [0, 0.1) is 5.92 Å². The molecule has 0 atom stereocenters. The van der Waals surface area contributed by atoms with Crippen LogP contribution in [0.15, 0.2) is 0 Å². The van der Waals surface area contributed by atoms with E-state index in [0.29, 0.717) is 10.9 Å². The standard InChI is InChI=1S/C15H24N4OS/c1-3-11-12(4-2)18-19-15(13(11)14(16)21)17-9-10-5-7-20-8-6-10/h10H,3-9H2,1-2H3,(H2,16,21)(H,17,19). The molecule has 0 bridgehead atoms. The Morgan fingerprint density at radius 1 is 1.29 bits per heavy atom. The second kappa shape index (κ2) is 7.66. The average molecular weight is 308 g/mol. The van der Waals surface area contributed by atoms with Crippen molar-refractivity contribution in [3.63, 3.8) is 0 Å². The maximum atomic E-state index is 5.93. The summed E-state index contributed by atoms with van der Waals surface area (Å²) in [6.07, 6.45) is 3.86. The lowest BCUT2D eigenvalue weighted by Gasteiger charge is -2.23. The lowest BCUT2D eigenvalue weighted by Crippen LogP contribution is -2.25. The summed E-state index contributed by atoms with van der Waals surface area (Å²) in [5.41, 5.74) is 8.90. The van der Waals surface area contributed by atoms with Crippen molar-refractivity contribution >= 4 is 23.0 Å². The van der Waals surface area contributed by atoms with Crippen LogP contribution in [0.25, 0.3) is 0 Å². The van der Waals surface area contributed by atoms with Gasteiger partial charge in [-0.15, -0.1) is 5.10 Å². The van der Waals surface area contributed by atoms with Gasteiger partial charge in [-0.2, -0.15) is 5.10 Å². The monoisotopic (exact) mass is 308 g/mol. The minimum Gasteiger partial charge on any atom is -0.389 e. The summed E-state index contributed by atoms with van der Waals surface area (Å²) >= 11 is 5.23. The van der Waals surface area contributed by atoms with Crippen molar-refractivity contribution in [1.82, 2.24) is 10.2 Å². The van der Waals surface area contributed by atoms with Crippen LogP contribution >= 0.6 is 12.2 Å². The number of nitrogens with two attached hydrogens (primary N) is 1. The largest absolute Gasteiger partial charge is 0.389 e. The summed E-state index contributed by atoms with van der Waals surface area (Å²) in [7, 11) is 0. The van der Waals surface area contributed by atoms with Gasteiger partial charge >= 0.3 is 0 Å². The van der Waals surface area contributed by atoms with Crippen LogP contribution in [0.3, 0.4) is 0 Å². The fourth-order valence-electron chi connectivity index (χ4n) is 2.75. The molecule has 2 rings (SSSR count). The normalized spacial score (nSPS) is 15.9. The van der Waals surface area contributed by atoms with E-state index < -0.39 is 0 Å². The van der Waals surface area contributed by atoms with Gasteiger partial charge in [0.2, 0.25) is 0 Å². The molecule has 1 saturated heterocycles. The highest BCUT2D eigenvalue weighted by Gasteiger charge is 2.19. The van der Waals surface area contributed by atoms with Crippen LogP contribution in [0.1, 0.15) is 43.5 Å². The van der Waals surface area contributed by atoms with E-state index in [9.17, 15) is 0 Å². The molecule has 0 amide bonds. The number of aryl methyl sites for hydroxylation is 1. The molecule has 1 aliphatic heterocycles. The Morgan fingerprint density at radius 3 is 2.57 bits per heavy atom. The lowest BCUT2D eigenvalue weighted by molar-refractivity contribution is 0.0699. The van der Waals surface area contributed by atoms with Crippen molar-refractivity contribution in [3.05, 3.63) is 16.8 Å². The van der Waals surface area contributed by atoms with Crippen LogP contribution in [0.4, 0.5) is 5.82 Å². The Balaban J connectivity index is 2.19. The topological polar surface area (TPSA) is 73.1 Å². The molecule has 0 radical (unpaired) electrons. The Hall–Kier alpha value is -1.27. The van der Waals surface area contributed by atoms with Crippen molar-refractivity contribution < 1.29 is 4.74 Å². The quantitative estimate of drug-likeness (QED) is 0.784. The second-order valence-corrected chi connectivity index (χ2v) is 5.80. The molecular weight excluding hydrogens is 284 g/mol. The van der Waals surface area contributed by atoms with E-state index in [0.717, 1.165) is 68.1 Å². The number of nitrogens with one attached hydrogen (secondary N) is 1. The number of hydrogen-bond donors (Lipinski definition) is 2. The molecule has 21 heavy (non-hydrogen) atoms. The summed E-state index contributed by atoms with van der Waals surface area (Å²) in [6, 6.07) is 0. The van der Waals surface area contributed by atoms with Gasteiger partial charge in [-0.1, -0.05) is 26.1 Å². The molecular formula is C15H24N4OS. The molecule has 1 aromatic heterocycles. The molecule has 1 aliphatic rings. The molecule has 3 N–H and O–H groups in total. The summed E-state index contributed by atoms with van der Waals surface area (Å²) in [6.45, 7) is 6.72. The van der Waals surface area contributed by atoms with E-state index in [4.69, 9.17) is 22.7 Å². The van der Waals surface area contributed by atoms with E-state index >= 15 is 0 Å². The predicted molar refractivity (Wildman–Crippen MR) is 88.7 cm³/mol. The van der Waals surface area contributed by atoms with Crippen LogP contribution in [0.5, 0.6) is 0 Å². The Morgan fingerprint density at radius 2 is 2.00 bits per heavy atom. The first-order valence-electron chi connectivity index (χ1n) is 7.67. The van der Waals surface area contributed by atoms with E-state index in [1.165, 1.54) is 0 Å². The third kappa shape index (κ3) is 3.89. The van der Waals surface area contributed by atoms with Crippen molar-refractivity contribution in [3.8, 4) is 0 Å². The molecule has 6 heteroatoms. The van der Waals surface area contributed by atoms with Crippen molar-refractivity contribution in [2.45, 2.75) is 39.5 Å². The summed E-state index contributed by atoms with van der Waals surface area (Å²) in [5.74, 6) is 1.33. The van der Waals surface area contributed by atoms with E-state index in [1.54, 1.807) is 0 Å². The van der Waals surface area contributed by atoms with Crippen LogP contribution < -0.4 is 11.1 Å². The summed E-state index contributed by atoms with van der Waals surface area (Å²) in [5, 5.41) is 12.0. The van der Waals surface area contributed by atoms with Crippen LogP contribution in [-0.2, 0) is 17.6 Å². The van der Waals surface area contributed by atoms with Crippen LogP contribution in [-0.4, -0.2) is 34.9 Å². The lowest BCUT2D eigenvalue weighted by atomic mass is 9.99. The first-order chi connectivity index (χ1) is 10.2. The van der Waals surface area contributed by atoms with Crippen LogP contribution in [0.2, 0.25) is 0 Å². The van der Waals surface area contributed by atoms with Gasteiger partial charge in [0.1, 0.15) is 4.99 Å². The van der Waals surface area contributed by atoms with Gasteiger partial charge in [-0.3, -0.25) is 0 Å². The smallest absolute Gasteiger partial charge is 0.159 e. The van der Waals surface area contributed by atoms with Gasteiger partial charge in [0.15, 0.2) is 5.82 Å². The molecule has 0 aliphatic carbocycles. The van der Waals surface area contributed by atoms with Gasteiger partial charge in [-0.25, -0.2) is 0 Å². The first-order valence-corrected chi connectivity index (χ1v) is 8.08. The molecule has 1 aromatic rings. The minimum atomic E-state index is 0.394. The predicted octanol–water partition coefficient (Wildman–Crippen LogP) is 2.07. The number of thiocarbonyl (C=S) groups is 1.